The summed E-state index contributed by atoms with van der Waals surface area (Å²) in [7, 11) is 1.70. The molecule has 2 heterocycles. The van der Waals surface area contributed by atoms with E-state index in [4.69, 9.17) is 4.74 Å². The molecule has 1 N–H and O–H groups in total. The lowest BCUT2D eigenvalue weighted by Crippen LogP contribution is -2.40. The van der Waals surface area contributed by atoms with Crippen LogP contribution in [0, 0.1) is 5.41 Å². The van der Waals surface area contributed by atoms with Crippen LogP contribution < -0.4 is 5.32 Å². The van der Waals surface area contributed by atoms with Gasteiger partial charge in [0.05, 0.1) is 6.10 Å². The van der Waals surface area contributed by atoms with Gasteiger partial charge in [0, 0.05) is 26.6 Å². The van der Waals surface area contributed by atoms with Gasteiger partial charge >= 0.3 is 0 Å². The number of rotatable bonds is 3. The molecule has 0 saturated carbocycles. The summed E-state index contributed by atoms with van der Waals surface area (Å²) in [5, 5.41) is 3.36. The molecule has 2 fully saturated rings. The Labute approximate surface area is 97.3 Å². The number of piperidine rings is 1. The van der Waals surface area contributed by atoms with Crippen molar-refractivity contribution in [3.8, 4) is 0 Å². The van der Waals surface area contributed by atoms with E-state index in [1.165, 1.54) is 0 Å². The van der Waals surface area contributed by atoms with Crippen molar-refractivity contribution < 1.29 is 9.53 Å². The molecule has 16 heavy (non-hydrogen) atoms. The number of carbonyl (C=O) groups excluding carboxylic acids is 1. The van der Waals surface area contributed by atoms with Crippen LogP contribution in [0.5, 0.6) is 0 Å². The Balaban J connectivity index is 1.95. The predicted molar refractivity (Wildman–Crippen MR) is 62.2 cm³/mol. The number of likely N-dealkylation sites (tertiary alicyclic amines) is 1. The molecule has 2 saturated heterocycles. The average molecular weight is 226 g/mol. The van der Waals surface area contributed by atoms with Gasteiger partial charge < -0.3 is 15.0 Å². The van der Waals surface area contributed by atoms with Gasteiger partial charge in [-0.1, -0.05) is 0 Å². The van der Waals surface area contributed by atoms with Crippen LogP contribution in [-0.4, -0.2) is 50.2 Å². The van der Waals surface area contributed by atoms with Crippen molar-refractivity contribution in [3.05, 3.63) is 0 Å². The zero-order valence-electron chi connectivity index (χ0n) is 10.3. The van der Waals surface area contributed by atoms with Crippen molar-refractivity contribution >= 4 is 5.91 Å². The third-order valence-electron chi connectivity index (χ3n) is 3.95. The number of hydrogen-bond acceptors (Lipinski definition) is 3. The number of amides is 1. The molecule has 1 atom stereocenters. The Hall–Kier alpha value is -0.610. The molecule has 1 amide bonds. The fraction of sp³-hybridized carbons (Fsp3) is 0.917. The number of nitrogens with zero attached hydrogens (tertiary/aromatic N) is 1. The second-order valence-electron chi connectivity index (χ2n) is 5.25. The first kappa shape index (κ1) is 11.9. The van der Waals surface area contributed by atoms with Crippen LogP contribution >= 0.6 is 0 Å². The van der Waals surface area contributed by atoms with E-state index in [0.717, 1.165) is 45.4 Å². The smallest absolute Gasteiger partial charge is 0.223 e. The highest BCUT2D eigenvalue weighted by atomic mass is 16.5. The monoisotopic (exact) mass is 226 g/mol. The molecule has 0 aromatic rings. The summed E-state index contributed by atoms with van der Waals surface area (Å²) < 4.78 is 5.23. The van der Waals surface area contributed by atoms with Crippen molar-refractivity contribution in [2.45, 2.75) is 32.3 Å². The normalized spacial score (nSPS) is 26.4. The Kier molecular flexibility index (Phi) is 3.50. The molecule has 2 rings (SSSR count). The standard InChI is InChI=1S/C12H22N2O2/c1-10(16-2)8-14-9-12(7-11(14)15)3-5-13-6-4-12/h10,13H,3-9H2,1-2H3. The summed E-state index contributed by atoms with van der Waals surface area (Å²) in [6, 6.07) is 0. The minimum absolute atomic E-state index is 0.140. The second kappa shape index (κ2) is 4.72. The van der Waals surface area contributed by atoms with Gasteiger partial charge in [0.25, 0.3) is 0 Å². The van der Waals surface area contributed by atoms with E-state index >= 15 is 0 Å². The van der Waals surface area contributed by atoms with Gasteiger partial charge in [0.1, 0.15) is 0 Å². The molecule has 4 nitrogen and oxygen atoms in total. The summed E-state index contributed by atoms with van der Waals surface area (Å²) >= 11 is 0. The van der Waals surface area contributed by atoms with E-state index in [-0.39, 0.29) is 11.5 Å². The van der Waals surface area contributed by atoms with Crippen LogP contribution in [-0.2, 0) is 9.53 Å². The van der Waals surface area contributed by atoms with Crippen molar-refractivity contribution in [2.75, 3.05) is 33.3 Å². The third kappa shape index (κ3) is 2.38. The SMILES string of the molecule is COC(C)CN1CC2(CCNCC2)CC1=O. The molecule has 0 aromatic heterocycles. The van der Waals surface area contributed by atoms with Gasteiger partial charge in [-0.25, -0.2) is 0 Å². The first-order valence-corrected chi connectivity index (χ1v) is 6.16. The van der Waals surface area contributed by atoms with Crippen LogP contribution in [0.4, 0.5) is 0 Å². The van der Waals surface area contributed by atoms with E-state index in [1.54, 1.807) is 7.11 Å². The number of carbonyl (C=O) groups is 1. The van der Waals surface area contributed by atoms with Gasteiger partial charge in [-0.2, -0.15) is 0 Å². The lowest BCUT2D eigenvalue weighted by molar-refractivity contribution is -0.129. The summed E-state index contributed by atoms with van der Waals surface area (Å²) in [6.45, 7) is 5.80. The quantitative estimate of drug-likeness (QED) is 0.767. The minimum Gasteiger partial charge on any atom is -0.380 e. The van der Waals surface area contributed by atoms with E-state index < -0.39 is 0 Å². The molecule has 0 bridgehead atoms. The zero-order chi connectivity index (χ0) is 11.6. The molecule has 2 aliphatic rings. The number of methoxy groups -OCH3 is 1. The number of hydrogen-bond donors (Lipinski definition) is 1. The number of nitrogens with one attached hydrogen (secondary N) is 1. The lowest BCUT2D eigenvalue weighted by Gasteiger charge is -2.33. The summed E-state index contributed by atoms with van der Waals surface area (Å²) in [5.41, 5.74) is 0.260. The summed E-state index contributed by atoms with van der Waals surface area (Å²) in [5.74, 6) is 0.311. The van der Waals surface area contributed by atoms with Crippen LogP contribution in [0.1, 0.15) is 26.2 Å². The van der Waals surface area contributed by atoms with Crippen LogP contribution in [0.2, 0.25) is 0 Å². The summed E-state index contributed by atoms with van der Waals surface area (Å²) in [4.78, 5) is 13.9. The van der Waals surface area contributed by atoms with Gasteiger partial charge in [0.15, 0.2) is 0 Å². The highest BCUT2D eigenvalue weighted by Gasteiger charge is 2.43. The minimum atomic E-state index is 0.140. The molecule has 92 valence electrons. The van der Waals surface area contributed by atoms with E-state index in [9.17, 15) is 4.79 Å². The third-order valence-corrected chi connectivity index (χ3v) is 3.95. The molecule has 0 aromatic carbocycles. The zero-order valence-corrected chi connectivity index (χ0v) is 10.3. The Morgan fingerprint density at radius 1 is 1.50 bits per heavy atom. The van der Waals surface area contributed by atoms with Crippen molar-refractivity contribution in [3.63, 3.8) is 0 Å². The van der Waals surface area contributed by atoms with E-state index in [1.807, 2.05) is 11.8 Å². The maximum Gasteiger partial charge on any atom is 0.223 e. The fourth-order valence-electron chi connectivity index (χ4n) is 2.82. The van der Waals surface area contributed by atoms with Gasteiger partial charge in [-0.15, -0.1) is 0 Å². The Bertz CT molecular complexity index is 262. The lowest BCUT2D eigenvalue weighted by atomic mass is 9.78. The average Bonchev–Trinajstić information content (AvgIpc) is 2.56. The van der Waals surface area contributed by atoms with E-state index in [0.29, 0.717) is 5.91 Å². The van der Waals surface area contributed by atoms with E-state index in [2.05, 4.69) is 5.32 Å². The Morgan fingerprint density at radius 2 is 2.19 bits per heavy atom. The predicted octanol–water partition coefficient (Wildman–Crippen LogP) is 0.623. The molecule has 4 heteroatoms. The first-order chi connectivity index (χ1) is 7.65. The molecule has 1 spiro atoms. The maximum absolute atomic E-state index is 11.9. The largest absolute Gasteiger partial charge is 0.380 e. The molecule has 2 aliphatic heterocycles. The first-order valence-electron chi connectivity index (χ1n) is 6.16. The molecule has 1 unspecified atom stereocenters. The second-order valence-corrected chi connectivity index (χ2v) is 5.25. The van der Waals surface area contributed by atoms with Crippen LogP contribution in [0.3, 0.4) is 0 Å². The highest BCUT2D eigenvalue weighted by molar-refractivity contribution is 5.79. The van der Waals surface area contributed by atoms with Gasteiger partial charge in [-0.3, -0.25) is 4.79 Å². The summed E-state index contributed by atoms with van der Waals surface area (Å²) in [6.07, 6.45) is 3.15. The molecular formula is C12H22N2O2. The highest BCUT2D eigenvalue weighted by Crippen LogP contribution is 2.39. The fourth-order valence-corrected chi connectivity index (χ4v) is 2.82. The molecular weight excluding hydrogens is 204 g/mol. The van der Waals surface area contributed by atoms with Crippen molar-refractivity contribution in [2.24, 2.45) is 5.41 Å². The van der Waals surface area contributed by atoms with Crippen LogP contribution in [0.25, 0.3) is 0 Å². The van der Waals surface area contributed by atoms with Gasteiger partial charge in [0.2, 0.25) is 5.91 Å². The van der Waals surface area contributed by atoms with Crippen molar-refractivity contribution in [1.82, 2.24) is 10.2 Å². The molecule has 0 aliphatic carbocycles. The van der Waals surface area contributed by atoms with Crippen LogP contribution in [0.15, 0.2) is 0 Å². The molecule has 0 radical (unpaired) electrons. The maximum atomic E-state index is 11.9. The Morgan fingerprint density at radius 3 is 2.81 bits per heavy atom. The van der Waals surface area contributed by atoms with Crippen molar-refractivity contribution in [1.29, 1.82) is 0 Å². The topological polar surface area (TPSA) is 41.6 Å². The number of ether oxygens (including phenoxy) is 1. The van der Waals surface area contributed by atoms with Gasteiger partial charge in [-0.05, 0) is 38.3 Å².